The van der Waals surface area contributed by atoms with E-state index in [2.05, 4.69) is 27.3 Å². The molecule has 5 heteroatoms. The smallest absolute Gasteiger partial charge is 0.153 e. The summed E-state index contributed by atoms with van der Waals surface area (Å²) >= 11 is 5.70. The van der Waals surface area contributed by atoms with Crippen LogP contribution >= 0.6 is 11.6 Å². The van der Waals surface area contributed by atoms with E-state index >= 15 is 0 Å². The standard InChI is InChI=1S/C9H15ClN4/c1-7(14(2)3)5-11-8-4-9(10)13-12-6-8/h4,6-7H,5H2,1-3H3,(H,11,13). The summed E-state index contributed by atoms with van der Waals surface area (Å²) in [5.41, 5.74) is 0.902. The Morgan fingerprint density at radius 2 is 2.29 bits per heavy atom. The molecule has 0 aromatic carbocycles. The first-order valence-corrected chi connectivity index (χ1v) is 4.86. The van der Waals surface area contributed by atoms with Crippen LogP contribution < -0.4 is 5.32 Å². The molecule has 1 atom stereocenters. The Balaban J connectivity index is 2.45. The van der Waals surface area contributed by atoms with Gasteiger partial charge in [-0.2, -0.15) is 5.10 Å². The number of hydrogen-bond donors (Lipinski definition) is 1. The fraction of sp³-hybridized carbons (Fsp3) is 0.556. The molecule has 0 aliphatic heterocycles. The van der Waals surface area contributed by atoms with Gasteiger partial charge in [0.2, 0.25) is 0 Å². The van der Waals surface area contributed by atoms with Crippen LogP contribution in [0.25, 0.3) is 0 Å². The van der Waals surface area contributed by atoms with E-state index in [1.54, 1.807) is 12.3 Å². The van der Waals surface area contributed by atoms with Crippen LogP contribution in [0.5, 0.6) is 0 Å². The molecular formula is C9H15ClN4. The first-order valence-electron chi connectivity index (χ1n) is 4.48. The fourth-order valence-corrected chi connectivity index (χ4v) is 1.05. The maximum atomic E-state index is 5.70. The van der Waals surface area contributed by atoms with Gasteiger partial charge in [0, 0.05) is 18.7 Å². The van der Waals surface area contributed by atoms with E-state index in [0.717, 1.165) is 12.2 Å². The monoisotopic (exact) mass is 214 g/mol. The minimum Gasteiger partial charge on any atom is -0.382 e. The molecule has 1 aromatic rings. The topological polar surface area (TPSA) is 41.1 Å². The van der Waals surface area contributed by atoms with Gasteiger partial charge >= 0.3 is 0 Å². The molecule has 0 aliphatic carbocycles. The van der Waals surface area contributed by atoms with Crippen molar-refractivity contribution >= 4 is 17.3 Å². The van der Waals surface area contributed by atoms with Crippen molar-refractivity contribution in [1.29, 1.82) is 0 Å². The maximum absolute atomic E-state index is 5.70. The molecule has 1 heterocycles. The van der Waals surface area contributed by atoms with Gasteiger partial charge in [0.1, 0.15) is 0 Å². The van der Waals surface area contributed by atoms with Gasteiger partial charge < -0.3 is 10.2 Å². The summed E-state index contributed by atoms with van der Waals surface area (Å²) in [6, 6.07) is 2.22. The number of hydrogen-bond acceptors (Lipinski definition) is 4. The van der Waals surface area contributed by atoms with Crippen LogP contribution in [-0.2, 0) is 0 Å². The third-order valence-corrected chi connectivity index (χ3v) is 2.29. The summed E-state index contributed by atoms with van der Waals surface area (Å²) in [5.74, 6) is 0. The zero-order valence-electron chi connectivity index (χ0n) is 8.66. The number of anilines is 1. The molecule has 0 spiro atoms. The van der Waals surface area contributed by atoms with Gasteiger partial charge in [0.15, 0.2) is 5.15 Å². The van der Waals surface area contributed by atoms with Crippen LogP contribution in [0.4, 0.5) is 5.69 Å². The number of rotatable bonds is 4. The van der Waals surface area contributed by atoms with Gasteiger partial charge in [-0.25, -0.2) is 0 Å². The fourth-order valence-electron chi connectivity index (χ4n) is 0.885. The highest BCUT2D eigenvalue weighted by molar-refractivity contribution is 6.29. The predicted molar refractivity (Wildman–Crippen MR) is 58.7 cm³/mol. The van der Waals surface area contributed by atoms with Gasteiger partial charge in [-0.3, -0.25) is 0 Å². The molecule has 0 amide bonds. The molecule has 78 valence electrons. The lowest BCUT2D eigenvalue weighted by atomic mass is 10.3. The molecule has 0 bridgehead atoms. The van der Waals surface area contributed by atoms with Crippen LogP contribution in [0.3, 0.4) is 0 Å². The summed E-state index contributed by atoms with van der Waals surface area (Å²) in [6.45, 7) is 3.00. The predicted octanol–water partition coefficient (Wildman–Crippen LogP) is 1.49. The van der Waals surface area contributed by atoms with E-state index in [9.17, 15) is 0 Å². The Morgan fingerprint density at radius 3 is 2.86 bits per heavy atom. The van der Waals surface area contributed by atoms with Crippen LogP contribution in [-0.4, -0.2) is 41.8 Å². The molecule has 1 rings (SSSR count). The minimum atomic E-state index is 0.410. The van der Waals surface area contributed by atoms with E-state index in [0.29, 0.717) is 11.2 Å². The number of nitrogens with one attached hydrogen (secondary N) is 1. The van der Waals surface area contributed by atoms with E-state index in [1.165, 1.54) is 0 Å². The van der Waals surface area contributed by atoms with Crippen LogP contribution in [0.2, 0.25) is 5.15 Å². The lowest BCUT2D eigenvalue weighted by molar-refractivity contribution is 0.326. The first kappa shape index (κ1) is 11.2. The normalized spacial score (nSPS) is 12.9. The van der Waals surface area contributed by atoms with Crippen LogP contribution in [0.1, 0.15) is 6.92 Å². The third-order valence-electron chi connectivity index (χ3n) is 2.11. The summed E-state index contributed by atoms with van der Waals surface area (Å²) in [7, 11) is 4.09. The largest absolute Gasteiger partial charge is 0.382 e. The van der Waals surface area contributed by atoms with E-state index in [4.69, 9.17) is 11.6 Å². The Bertz CT molecular complexity index is 290. The lowest BCUT2D eigenvalue weighted by Crippen LogP contribution is -2.31. The van der Waals surface area contributed by atoms with Crippen molar-refractivity contribution in [1.82, 2.24) is 15.1 Å². The number of aromatic nitrogens is 2. The molecule has 1 aromatic heterocycles. The van der Waals surface area contributed by atoms with Gasteiger partial charge in [-0.15, -0.1) is 5.10 Å². The summed E-state index contributed by atoms with van der Waals surface area (Å²) in [6.07, 6.45) is 1.66. The van der Waals surface area contributed by atoms with Gasteiger partial charge in [-0.05, 0) is 21.0 Å². The van der Waals surface area contributed by atoms with Crippen molar-refractivity contribution in [3.8, 4) is 0 Å². The second-order valence-corrected chi connectivity index (χ2v) is 3.85. The first-order chi connectivity index (χ1) is 6.59. The molecule has 0 fully saturated rings. The van der Waals surface area contributed by atoms with Crippen LogP contribution in [0.15, 0.2) is 12.3 Å². The highest BCUT2D eigenvalue weighted by Crippen LogP contribution is 2.10. The molecule has 0 aliphatic rings. The lowest BCUT2D eigenvalue weighted by Gasteiger charge is -2.20. The molecule has 4 nitrogen and oxygen atoms in total. The Morgan fingerprint density at radius 1 is 1.57 bits per heavy atom. The van der Waals surface area contributed by atoms with Crippen molar-refractivity contribution < 1.29 is 0 Å². The zero-order valence-corrected chi connectivity index (χ0v) is 9.41. The van der Waals surface area contributed by atoms with Crippen molar-refractivity contribution in [3.63, 3.8) is 0 Å². The van der Waals surface area contributed by atoms with E-state index < -0.39 is 0 Å². The third kappa shape index (κ3) is 3.47. The van der Waals surface area contributed by atoms with E-state index in [1.807, 2.05) is 14.1 Å². The number of nitrogens with zero attached hydrogens (tertiary/aromatic N) is 3. The minimum absolute atomic E-state index is 0.410. The van der Waals surface area contributed by atoms with Gasteiger partial charge in [-0.1, -0.05) is 11.6 Å². The Labute approximate surface area is 89.3 Å². The van der Waals surface area contributed by atoms with E-state index in [-0.39, 0.29) is 0 Å². The maximum Gasteiger partial charge on any atom is 0.153 e. The highest BCUT2D eigenvalue weighted by atomic mass is 35.5. The highest BCUT2D eigenvalue weighted by Gasteiger charge is 2.03. The summed E-state index contributed by atoms with van der Waals surface area (Å²) in [5, 5.41) is 11.1. The average Bonchev–Trinajstić information content (AvgIpc) is 2.14. The summed E-state index contributed by atoms with van der Waals surface area (Å²) in [4.78, 5) is 2.14. The molecule has 0 saturated heterocycles. The molecule has 1 unspecified atom stereocenters. The van der Waals surface area contributed by atoms with Crippen molar-refractivity contribution in [2.24, 2.45) is 0 Å². The van der Waals surface area contributed by atoms with Crippen molar-refractivity contribution in [3.05, 3.63) is 17.4 Å². The Hall–Kier alpha value is -0.870. The van der Waals surface area contributed by atoms with Crippen molar-refractivity contribution in [2.45, 2.75) is 13.0 Å². The second kappa shape index (κ2) is 5.12. The molecular weight excluding hydrogens is 200 g/mol. The zero-order chi connectivity index (χ0) is 10.6. The number of halogens is 1. The molecule has 14 heavy (non-hydrogen) atoms. The molecule has 0 radical (unpaired) electrons. The molecule has 1 N–H and O–H groups in total. The summed E-state index contributed by atoms with van der Waals surface area (Å²) < 4.78 is 0. The molecule has 0 saturated carbocycles. The van der Waals surface area contributed by atoms with Gasteiger partial charge in [0.25, 0.3) is 0 Å². The van der Waals surface area contributed by atoms with Gasteiger partial charge in [0.05, 0.1) is 11.9 Å². The van der Waals surface area contributed by atoms with Crippen LogP contribution in [0, 0.1) is 0 Å². The average molecular weight is 215 g/mol. The quantitative estimate of drug-likeness (QED) is 0.825. The SMILES string of the molecule is CC(CNc1cnnc(Cl)c1)N(C)C. The van der Waals surface area contributed by atoms with Crippen molar-refractivity contribution in [2.75, 3.05) is 26.0 Å². The number of likely N-dealkylation sites (N-methyl/N-ethyl adjacent to an activating group) is 1. The Kier molecular flexibility index (Phi) is 4.10. The second-order valence-electron chi connectivity index (χ2n) is 3.46.